The van der Waals surface area contributed by atoms with Gasteiger partial charge in [-0.15, -0.1) is 0 Å². The number of carbonyl (C=O) groups is 1. The molecule has 0 aliphatic heterocycles. The number of benzene rings is 1. The summed E-state index contributed by atoms with van der Waals surface area (Å²) in [6.45, 7) is 2.84. The molecule has 1 aromatic carbocycles. The summed E-state index contributed by atoms with van der Waals surface area (Å²) in [4.78, 5) is 14.2. The predicted octanol–water partition coefficient (Wildman–Crippen LogP) is 1.57. The van der Waals surface area contributed by atoms with Crippen molar-refractivity contribution < 1.29 is 13.2 Å². The van der Waals surface area contributed by atoms with Crippen LogP contribution in [-0.2, 0) is 10.0 Å². The summed E-state index contributed by atoms with van der Waals surface area (Å²) in [5.41, 5.74) is 6.16. The normalized spacial score (nSPS) is 16.0. The third kappa shape index (κ3) is 4.78. The van der Waals surface area contributed by atoms with Crippen LogP contribution in [0.2, 0.25) is 0 Å². The van der Waals surface area contributed by atoms with Gasteiger partial charge in [-0.25, -0.2) is 13.1 Å². The Balaban J connectivity index is 2.15. The van der Waals surface area contributed by atoms with E-state index in [0.717, 1.165) is 25.7 Å². The Kier molecular flexibility index (Phi) is 6.37. The standard InChI is InChI=1S/C17H27N3O3S/c1-3-4-11-20(2)17(21)14-7-5-6-8-16(14)24(22,23)19-12-15(18)13-9-10-13/h5-8,13,15,19H,3-4,9-12,18H2,1-2H3. The van der Waals surface area contributed by atoms with Crippen molar-refractivity contribution in [1.82, 2.24) is 9.62 Å². The van der Waals surface area contributed by atoms with E-state index in [4.69, 9.17) is 5.73 Å². The maximum atomic E-state index is 12.6. The van der Waals surface area contributed by atoms with E-state index in [-0.39, 0.29) is 29.0 Å². The molecule has 6 nitrogen and oxygen atoms in total. The van der Waals surface area contributed by atoms with Crippen LogP contribution in [0.4, 0.5) is 0 Å². The second-order valence-corrected chi connectivity index (χ2v) is 8.16. The highest BCUT2D eigenvalue weighted by Crippen LogP contribution is 2.31. The molecule has 1 aromatic rings. The van der Waals surface area contributed by atoms with Crippen LogP contribution < -0.4 is 10.5 Å². The van der Waals surface area contributed by atoms with Crippen LogP contribution in [0.3, 0.4) is 0 Å². The van der Waals surface area contributed by atoms with Crippen molar-refractivity contribution in [1.29, 1.82) is 0 Å². The number of hydrogen-bond acceptors (Lipinski definition) is 4. The summed E-state index contributed by atoms with van der Waals surface area (Å²) >= 11 is 0. The number of nitrogens with two attached hydrogens (primary N) is 1. The summed E-state index contributed by atoms with van der Waals surface area (Å²) in [6, 6.07) is 6.15. The Hall–Kier alpha value is -1.44. The topological polar surface area (TPSA) is 92.5 Å². The molecule has 1 atom stereocenters. The molecule has 1 saturated carbocycles. The van der Waals surface area contributed by atoms with E-state index in [1.165, 1.54) is 6.07 Å². The molecule has 134 valence electrons. The molecule has 1 fully saturated rings. The van der Waals surface area contributed by atoms with Crippen molar-refractivity contribution in [2.24, 2.45) is 11.7 Å². The molecule has 3 N–H and O–H groups in total. The van der Waals surface area contributed by atoms with Gasteiger partial charge in [0.15, 0.2) is 0 Å². The SMILES string of the molecule is CCCCN(C)C(=O)c1ccccc1S(=O)(=O)NCC(N)C1CC1. The third-order valence-corrected chi connectivity index (χ3v) is 5.82. The van der Waals surface area contributed by atoms with Gasteiger partial charge < -0.3 is 10.6 Å². The van der Waals surface area contributed by atoms with Crippen LogP contribution in [0, 0.1) is 5.92 Å². The second-order valence-electron chi connectivity index (χ2n) is 6.43. The Morgan fingerprint density at radius 2 is 2.04 bits per heavy atom. The minimum absolute atomic E-state index is 0.0151. The molecule has 0 spiro atoms. The van der Waals surface area contributed by atoms with Gasteiger partial charge in [0.1, 0.15) is 0 Å². The molecule has 1 unspecified atom stereocenters. The van der Waals surface area contributed by atoms with Crippen molar-refractivity contribution in [3.63, 3.8) is 0 Å². The Bertz CT molecular complexity index is 671. The fourth-order valence-electron chi connectivity index (χ4n) is 2.55. The van der Waals surface area contributed by atoms with Crippen molar-refractivity contribution in [3.8, 4) is 0 Å². The monoisotopic (exact) mass is 353 g/mol. The number of amides is 1. The molecule has 0 saturated heterocycles. The first-order chi connectivity index (χ1) is 11.4. The van der Waals surface area contributed by atoms with Crippen LogP contribution in [0.25, 0.3) is 0 Å². The van der Waals surface area contributed by atoms with Gasteiger partial charge in [-0.2, -0.15) is 0 Å². The Labute approximate surface area is 144 Å². The van der Waals surface area contributed by atoms with Gasteiger partial charge >= 0.3 is 0 Å². The van der Waals surface area contributed by atoms with Crippen molar-refractivity contribution >= 4 is 15.9 Å². The first-order valence-corrected chi connectivity index (χ1v) is 9.95. The van der Waals surface area contributed by atoms with Gasteiger partial charge in [0, 0.05) is 26.2 Å². The van der Waals surface area contributed by atoms with Crippen LogP contribution >= 0.6 is 0 Å². The van der Waals surface area contributed by atoms with Gasteiger partial charge in [0.25, 0.3) is 5.91 Å². The average Bonchev–Trinajstić information content (AvgIpc) is 3.42. The van der Waals surface area contributed by atoms with Gasteiger partial charge in [-0.05, 0) is 37.3 Å². The molecule has 1 aliphatic rings. The summed E-state index contributed by atoms with van der Waals surface area (Å²) in [5.74, 6) is 0.126. The summed E-state index contributed by atoms with van der Waals surface area (Å²) in [7, 11) is -2.08. The van der Waals surface area contributed by atoms with E-state index in [1.54, 1.807) is 30.1 Å². The van der Waals surface area contributed by atoms with Crippen LogP contribution in [0.1, 0.15) is 43.0 Å². The van der Waals surface area contributed by atoms with Crippen LogP contribution in [0.15, 0.2) is 29.2 Å². The highest BCUT2D eigenvalue weighted by Gasteiger charge is 2.30. The lowest BCUT2D eigenvalue weighted by Crippen LogP contribution is -2.39. The zero-order chi connectivity index (χ0) is 17.7. The van der Waals surface area contributed by atoms with Gasteiger partial charge in [-0.3, -0.25) is 4.79 Å². The molecule has 1 amide bonds. The molecule has 2 rings (SSSR count). The molecule has 0 aromatic heterocycles. The van der Waals surface area contributed by atoms with E-state index < -0.39 is 10.0 Å². The molecule has 24 heavy (non-hydrogen) atoms. The zero-order valence-electron chi connectivity index (χ0n) is 14.4. The predicted molar refractivity (Wildman–Crippen MR) is 94.2 cm³/mol. The van der Waals surface area contributed by atoms with E-state index in [0.29, 0.717) is 12.5 Å². The number of rotatable bonds is 9. The molecular formula is C17H27N3O3S. The number of hydrogen-bond donors (Lipinski definition) is 2. The van der Waals surface area contributed by atoms with Crippen LogP contribution in [0.5, 0.6) is 0 Å². The number of unbranched alkanes of at least 4 members (excludes halogenated alkanes) is 1. The highest BCUT2D eigenvalue weighted by molar-refractivity contribution is 7.89. The minimum Gasteiger partial charge on any atom is -0.342 e. The largest absolute Gasteiger partial charge is 0.342 e. The number of nitrogens with one attached hydrogen (secondary N) is 1. The van der Waals surface area contributed by atoms with Gasteiger partial charge in [0.05, 0.1) is 10.5 Å². The fraction of sp³-hybridized carbons (Fsp3) is 0.588. The maximum absolute atomic E-state index is 12.6. The number of nitrogens with zero attached hydrogens (tertiary/aromatic N) is 1. The van der Waals surface area contributed by atoms with Crippen molar-refractivity contribution in [2.75, 3.05) is 20.1 Å². The van der Waals surface area contributed by atoms with Crippen molar-refractivity contribution in [2.45, 2.75) is 43.5 Å². The van der Waals surface area contributed by atoms with E-state index in [2.05, 4.69) is 4.72 Å². The summed E-state index contributed by atoms with van der Waals surface area (Å²) in [6.07, 6.45) is 3.96. The Morgan fingerprint density at radius 3 is 2.67 bits per heavy atom. The fourth-order valence-corrected chi connectivity index (χ4v) is 3.82. The molecule has 0 radical (unpaired) electrons. The zero-order valence-corrected chi connectivity index (χ0v) is 15.2. The summed E-state index contributed by atoms with van der Waals surface area (Å²) < 4.78 is 27.8. The van der Waals surface area contributed by atoms with E-state index >= 15 is 0 Å². The Morgan fingerprint density at radius 1 is 1.38 bits per heavy atom. The average molecular weight is 353 g/mol. The second kappa shape index (κ2) is 8.09. The molecule has 0 bridgehead atoms. The summed E-state index contributed by atoms with van der Waals surface area (Å²) in [5, 5.41) is 0. The van der Waals surface area contributed by atoms with Crippen LogP contribution in [-0.4, -0.2) is 45.4 Å². The minimum atomic E-state index is -3.77. The number of sulfonamides is 1. The first kappa shape index (κ1) is 18.9. The van der Waals surface area contributed by atoms with Crippen molar-refractivity contribution in [3.05, 3.63) is 29.8 Å². The lowest BCUT2D eigenvalue weighted by molar-refractivity contribution is 0.0789. The smallest absolute Gasteiger partial charge is 0.254 e. The first-order valence-electron chi connectivity index (χ1n) is 8.46. The quantitative estimate of drug-likeness (QED) is 0.705. The lowest BCUT2D eigenvalue weighted by atomic mass is 10.2. The van der Waals surface area contributed by atoms with E-state index in [1.807, 2.05) is 6.92 Å². The molecular weight excluding hydrogens is 326 g/mol. The molecule has 1 aliphatic carbocycles. The van der Waals surface area contributed by atoms with E-state index in [9.17, 15) is 13.2 Å². The number of carbonyl (C=O) groups excluding carboxylic acids is 1. The van der Waals surface area contributed by atoms with Gasteiger partial charge in [0.2, 0.25) is 10.0 Å². The van der Waals surface area contributed by atoms with Gasteiger partial charge in [-0.1, -0.05) is 25.5 Å². The highest BCUT2D eigenvalue weighted by atomic mass is 32.2. The lowest BCUT2D eigenvalue weighted by Gasteiger charge is -2.19. The third-order valence-electron chi connectivity index (χ3n) is 4.34. The molecule has 7 heteroatoms. The molecule has 0 heterocycles. The maximum Gasteiger partial charge on any atom is 0.254 e.